The second-order valence-corrected chi connectivity index (χ2v) is 4.42. The standard InChI is InChI=1S/C14H20N2O/c1-2-13-8-9-14(10-15-13)16-17-11-12-6-4-3-5-7-12/h2-7,13-16H,1,8-11H2/t13-,14-/m1/s1. The molecule has 0 unspecified atom stereocenters. The van der Waals surface area contributed by atoms with Crippen LogP contribution in [-0.4, -0.2) is 18.6 Å². The zero-order chi connectivity index (χ0) is 11.9. The first-order valence-electron chi connectivity index (χ1n) is 6.15. The number of hydrogen-bond acceptors (Lipinski definition) is 3. The van der Waals surface area contributed by atoms with Crippen molar-refractivity contribution in [2.75, 3.05) is 6.54 Å². The van der Waals surface area contributed by atoms with Crippen molar-refractivity contribution in [3.63, 3.8) is 0 Å². The Balaban J connectivity index is 1.65. The lowest BCUT2D eigenvalue weighted by molar-refractivity contribution is -0.00284. The van der Waals surface area contributed by atoms with Gasteiger partial charge in [0.1, 0.15) is 0 Å². The minimum atomic E-state index is 0.398. The molecule has 0 saturated carbocycles. The average molecular weight is 232 g/mol. The van der Waals surface area contributed by atoms with Crippen LogP contribution in [0.1, 0.15) is 18.4 Å². The van der Waals surface area contributed by atoms with Crippen LogP contribution < -0.4 is 10.8 Å². The van der Waals surface area contributed by atoms with Crippen LogP contribution in [0, 0.1) is 0 Å². The van der Waals surface area contributed by atoms with E-state index in [0.717, 1.165) is 19.4 Å². The van der Waals surface area contributed by atoms with E-state index in [-0.39, 0.29) is 0 Å². The zero-order valence-corrected chi connectivity index (χ0v) is 10.1. The number of piperidine rings is 1. The van der Waals surface area contributed by atoms with Gasteiger partial charge in [0.2, 0.25) is 0 Å². The molecular formula is C14H20N2O. The van der Waals surface area contributed by atoms with Crippen LogP contribution in [0.4, 0.5) is 0 Å². The normalized spacial score (nSPS) is 24.5. The van der Waals surface area contributed by atoms with Gasteiger partial charge in [-0.1, -0.05) is 36.4 Å². The lowest BCUT2D eigenvalue weighted by Crippen LogP contribution is -2.46. The average Bonchev–Trinajstić information content (AvgIpc) is 2.41. The van der Waals surface area contributed by atoms with Crippen LogP contribution in [0.2, 0.25) is 0 Å². The highest BCUT2D eigenvalue weighted by Gasteiger charge is 2.17. The molecule has 0 amide bonds. The molecule has 3 heteroatoms. The first-order chi connectivity index (χ1) is 8.38. The molecular weight excluding hydrogens is 212 g/mol. The third kappa shape index (κ3) is 3.97. The Bertz CT molecular complexity index is 331. The highest BCUT2D eigenvalue weighted by molar-refractivity contribution is 5.13. The summed E-state index contributed by atoms with van der Waals surface area (Å²) in [5, 5.41) is 3.41. The van der Waals surface area contributed by atoms with Gasteiger partial charge in [-0.2, -0.15) is 5.48 Å². The van der Waals surface area contributed by atoms with E-state index in [9.17, 15) is 0 Å². The fraction of sp³-hybridized carbons (Fsp3) is 0.429. The van der Waals surface area contributed by atoms with E-state index in [1.165, 1.54) is 5.56 Å². The minimum Gasteiger partial charge on any atom is -0.309 e. The SMILES string of the molecule is C=C[C@@H]1CC[C@@H](NOCc2ccccc2)CN1. The van der Waals surface area contributed by atoms with Crippen LogP contribution in [0.3, 0.4) is 0 Å². The summed E-state index contributed by atoms with van der Waals surface area (Å²) < 4.78 is 0. The van der Waals surface area contributed by atoms with Crippen molar-refractivity contribution >= 4 is 0 Å². The molecule has 2 rings (SSSR count). The summed E-state index contributed by atoms with van der Waals surface area (Å²) in [6.07, 6.45) is 4.22. The number of hydroxylamine groups is 1. The van der Waals surface area contributed by atoms with Gasteiger partial charge in [0.15, 0.2) is 0 Å². The first-order valence-corrected chi connectivity index (χ1v) is 6.15. The van der Waals surface area contributed by atoms with Crippen LogP contribution in [-0.2, 0) is 11.4 Å². The lowest BCUT2D eigenvalue weighted by atomic mass is 10.0. The predicted octanol–water partition coefficient (Wildman–Crippen LogP) is 2.01. The number of benzene rings is 1. The van der Waals surface area contributed by atoms with E-state index in [0.29, 0.717) is 18.7 Å². The zero-order valence-electron chi connectivity index (χ0n) is 10.1. The fourth-order valence-electron chi connectivity index (χ4n) is 2.00. The van der Waals surface area contributed by atoms with Crippen molar-refractivity contribution in [3.05, 3.63) is 48.6 Å². The Kier molecular flexibility index (Phi) is 4.74. The molecule has 17 heavy (non-hydrogen) atoms. The maximum Gasteiger partial charge on any atom is 0.0933 e. The van der Waals surface area contributed by atoms with E-state index >= 15 is 0 Å². The molecule has 0 aromatic heterocycles. The molecule has 1 aromatic carbocycles. The van der Waals surface area contributed by atoms with E-state index in [1.54, 1.807) is 0 Å². The summed E-state index contributed by atoms with van der Waals surface area (Å²) in [5.74, 6) is 0. The van der Waals surface area contributed by atoms with Gasteiger partial charge in [-0.15, -0.1) is 6.58 Å². The highest BCUT2D eigenvalue weighted by atomic mass is 16.6. The van der Waals surface area contributed by atoms with Crippen LogP contribution >= 0.6 is 0 Å². The van der Waals surface area contributed by atoms with E-state index < -0.39 is 0 Å². The number of nitrogens with one attached hydrogen (secondary N) is 2. The molecule has 3 nitrogen and oxygen atoms in total. The van der Waals surface area contributed by atoms with Gasteiger partial charge in [0, 0.05) is 18.6 Å². The summed E-state index contributed by atoms with van der Waals surface area (Å²) in [6.45, 7) is 5.35. The topological polar surface area (TPSA) is 33.3 Å². The molecule has 1 saturated heterocycles. The van der Waals surface area contributed by atoms with Gasteiger partial charge in [0.05, 0.1) is 6.61 Å². The highest BCUT2D eigenvalue weighted by Crippen LogP contribution is 2.09. The number of rotatable bonds is 5. The van der Waals surface area contributed by atoms with Gasteiger partial charge in [-0.25, -0.2) is 0 Å². The van der Waals surface area contributed by atoms with Crippen LogP contribution in [0.25, 0.3) is 0 Å². The molecule has 0 aliphatic carbocycles. The lowest BCUT2D eigenvalue weighted by Gasteiger charge is -2.28. The molecule has 2 atom stereocenters. The van der Waals surface area contributed by atoms with E-state index in [1.807, 2.05) is 24.3 Å². The smallest absolute Gasteiger partial charge is 0.0933 e. The van der Waals surface area contributed by atoms with Gasteiger partial charge in [-0.05, 0) is 18.4 Å². The van der Waals surface area contributed by atoms with Crippen LogP contribution in [0.15, 0.2) is 43.0 Å². The molecule has 1 aliphatic rings. The molecule has 0 bridgehead atoms. The summed E-state index contributed by atoms with van der Waals surface area (Å²) >= 11 is 0. The van der Waals surface area contributed by atoms with Crippen molar-refractivity contribution in [1.29, 1.82) is 0 Å². The van der Waals surface area contributed by atoms with Gasteiger partial charge in [-0.3, -0.25) is 4.84 Å². The van der Waals surface area contributed by atoms with Gasteiger partial charge < -0.3 is 5.32 Å². The largest absolute Gasteiger partial charge is 0.309 e. The fourth-order valence-corrected chi connectivity index (χ4v) is 2.00. The molecule has 1 fully saturated rings. The van der Waals surface area contributed by atoms with Crippen LogP contribution in [0.5, 0.6) is 0 Å². The van der Waals surface area contributed by atoms with Crippen molar-refractivity contribution < 1.29 is 4.84 Å². The third-order valence-electron chi connectivity index (χ3n) is 3.07. The summed E-state index contributed by atoms with van der Waals surface area (Å²) in [7, 11) is 0. The van der Waals surface area contributed by atoms with Crippen molar-refractivity contribution in [3.8, 4) is 0 Å². The predicted molar refractivity (Wildman–Crippen MR) is 69.4 cm³/mol. The van der Waals surface area contributed by atoms with Crippen molar-refractivity contribution in [1.82, 2.24) is 10.8 Å². The molecule has 0 spiro atoms. The van der Waals surface area contributed by atoms with Gasteiger partial charge in [0.25, 0.3) is 0 Å². The van der Waals surface area contributed by atoms with Crippen molar-refractivity contribution in [2.45, 2.75) is 31.5 Å². The second kappa shape index (κ2) is 6.55. The Morgan fingerprint density at radius 2 is 2.18 bits per heavy atom. The Morgan fingerprint density at radius 3 is 2.82 bits per heavy atom. The Hall–Kier alpha value is -1.16. The second-order valence-electron chi connectivity index (χ2n) is 4.42. The maximum absolute atomic E-state index is 5.51. The molecule has 2 N–H and O–H groups in total. The quantitative estimate of drug-likeness (QED) is 0.602. The van der Waals surface area contributed by atoms with Gasteiger partial charge >= 0.3 is 0 Å². The molecule has 1 aromatic rings. The maximum atomic E-state index is 5.51. The monoisotopic (exact) mass is 232 g/mol. The van der Waals surface area contributed by atoms with Crippen molar-refractivity contribution in [2.24, 2.45) is 0 Å². The third-order valence-corrected chi connectivity index (χ3v) is 3.07. The first kappa shape index (κ1) is 12.3. The molecule has 1 aliphatic heterocycles. The molecule has 1 heterocycles. The van der Waals surface area contributed by atoms with E-state index in [2.05, 4.69) is 29.5 Å². The minimum absolute atomic E-state index is 0.398. The molecule has 92 valence electrons. The summed E-state index contributed by atoms with van der Waals surface area (Å²) in [5.41, 5.74) is 4.31. The number of hydrogen-bond donors (Lipinski definition) is 2. The van der Waals surface area contributed by atoms with E-state index in [4.69, 9.17) is 4.84 Å². The summed E-state index contributed by atoms with van der Waals surface area (Å²) in [4.78, 5) is 5.51. The Labute approximate surface area is 103 Å². The molecule has 0 radical (unpaired) electrons. The Morgan fingerprint density at radius 1 is 1.35 bits per heavy atom. The summed E-state index contributed by atoms with van der Waals surface area (Å²) in [6, 6.07) is 11.0.